The van der Waals surface area contributed by atoms with Crippen molar-refractivity contribution in [3.05, 3.63) is 17.5 Å². The molecule has 0 amide bonds. The van der Waals surface area contributed by atoms with E-state index in [1.165, 1.54) is 25.7 Å². The molecular formula is C14H23N5O. The summed E-state index contributed by atoms with van der Waals surface area (Å²) >= 11 is 0. The highest BCUT2D eigenvalue weighted by atomic mass is 16.4. The van der Waals surface area contributed by atoms with Crippen LogP contribution in [-0.4, -0.2) is 34.1 Å². The Morgan fingerprint density at radius 1 is 1.45 bits per heavy atom. The molecule has 1 aromatic rings. The topological polar surface area (TPSA) is 87.6 Å². The van der Waals surface area contributed by atoms with Crippen LogP contribution in [0.15, 0.2) is 11.2 Å². The van der Waals surface area contributed by atoms with Crippen molar-refractivity contribution in [3.8, 4) is 0 Å². The van der Waals surface area contributed by atoms with Gasteiger partial charge < -0.3 is 15.8 Å². The molecule has 1 aliphatic rings. The maximum atomic E-state index is 8.76. The van der Waals surface area contributed by atoms with E-state index in [2.05, 4.69) is 26.9 Å². The third-order valence-electron chi connectivity index (χ3n) is 3.81. The summed E-state index contributed by atoms with van der Waals surface area (Å²) in [4.78, 5) is 11.1. The molecule has 0 radical (unpaired) electrons. The van der Waals surface area contributed by atoms with Gasteiger partial charge in [-0.05, 0) is 31.7 Å². The van der Waals surface area contributed by atoms with Crippen LogP contribution in [0.25, 0.3) is 0 Å². The summed E-state index contributed by atoms with van der Waals surface area (Å²) < 4.78 is 0. The Bertz CT molecular complexity index is 480. The van der Waals surface area contributed by atoms with Crippen LogP contribution < -0.4 is 10.6 Å². The lowest BCUT2D eigenvalue weighted by atomic mass is 9.93. The van der Waals surface area contributed by atoms with Gasteiger partial charge in [0.05, 0.1) is 0 Å². The van der Waals surface area contributed by atoms with Crippen LogP contribution in [0.2, 0.25) is 0 Å². The van der Waals surface area contributed by atoms with Crippen molar-refractivity contribution in [2.24, 2.45) is 16.8 Å². The highest BCUT2D eigenvalue weighted by Crippen LogP contribution is 2.24. The highest BCUT2D eigenvalue weighted by molar-refractivity contribution is 5.95. The van der Waals surface area contributed by atoms with Gasteiger partial charge in [0.1, 0.15) is 5.69 Å². The minimum absolute atomic E-state index is 0.0256. The highest BCUT2D eigenvalue weighted by Gasteiger charge is 2.21. The zero-order chi connectivity index (χ0) is 14.5. The van der Waals surface area contributed by atoms with Gasteiger partial charge >= 0.3 is 0 Å². The average molecular weight is 277 g/mol. The minimum Gasteiger partial charge on any atom is -0.409 e. The predicted octanol–water partition coefficient (Wildman–Crippen LogP) is 1.90. The summed E-state index contributed by atoms with van der Waals surface area (Å²) in [6.45, 7) is 6.08. The fraction of sp³-hybridized carbons (Fsp3) is 0.643. The maximum Gasteiger partial charge on any atom is 0.226 e. The lowest BCUT2D eigenvalue weighted by Crippen LogP contribution is -2.35. The van der Waals surface area contributed by atoms with E-state index >= 15 is 0 Å². The number of hydrogen-bond acceptors (Lipinski definition) is 5. The first-order valence-electron chi connectivity index (χ1n) is 7.22. The van der Waals surface area contributed by atoms with Crippen LogP contribution in [0, 0.1) is 12.8 Å². The van der Waals surface area contributed by atoms with Gasteiger partial charge in [-0.2, -0.15) is 0 Å². The van der Waals surface area contributed by atoms with E-state index in [9.17, 15) is 0 Å². The van der Waals surface area contributed by atoms with Gasteiger partial charge in [0.2, 0.25) is 5.95 Å². The number of aromatic nitrogens is 2. The minimum atomic E-state index is 0.0256. The van der Waals surface area contributed by atoms with Crippen molar-refractivity contribution in [1.82, 2.24) is 9.97 Å². The molecule has 0 unspecified atom stereocenters. The summed E-state index contributed by atoms with van der Waals surface area (Å²) in [5, 5.41) is 11.8. The van der Waals surface area contributed by atoms with Gasteiger partial charge in [0, 0.05) is 18.8 Å². The molecule has 0 spiro atoms. The molecule has 0 aliphatic carbocycles. The van der Waals surface area contributed by atoms with Crippen molar-refractivity contribution in [1.29, 1.82) is 0 Å². The molecule has 0 atom stereocenters. The molecule has 2 heterocycles. The van der Waals surface area contributed by atoms with Crippen molar-refractivity contribution in [2.45, 2.75) is 39.5 Å². The second-order valence-electron chi connectivity index (χ2n) is 5.40. The molecule has 0 bridgehead atoms. The number of amidine groups is 1. The van der Waals surface area contributed by atoms with Crippen LogP contribution in [0.3, 0.4) is 0 Å². The van der Waals surface area contributed by atoms with Crippen molar-refractivity contribution in [2.75, 3.05) is 18.0 Å². The lowest BCUT2D eigenvalue weighted by Gasteiger charge is -2.32. The van der Waals surface area contributed by atoms with E-state index < -0.39 is 0 Å². The van der Waals surface area contributed by atoms with Crippen LogP contribution in [0.5, 0.6) is 0 Å². The number of nitrogens with zero attached hydrogens (tertiary/aromatic N) is 4. The molecule has 6 heteroatoms. The SMILES string of the molecule is CCCC1CCN(c2nc(C)cc(/C(N)=N/O)n2)CC1. The van der Waals surface area contributed by atoms with Crippen molar-refractivity contribution >= 4 is 11.8 Å². The molecule has 110 valence electrons. The lowest BCUT2D eigenvalue weighted by molar-refractivity contribution is 0.318. The van der Waals surface area contributed by atoms with E-state index in [0.29, 0.717) is 11.6 Å². The van der Waals surface area contributed by atoms with Crippen LogP contribution in [-0.2, 0) is 0 Å². The Morgan fingerprint density at radius 2 is 2.15 bits per heavy atom. The molecule has 1 aromatic heterocycles. The predicted molar refractivity (Wildman–Crippen MR) is 79.1 cm³/mol. The molecule has 1 fully saturated rings. The second kappa shape index (κ2) is 6.54. The van der Waals surface area contributed by atoms with E-state index in [-0.39, 0.29) is 5.84 Å². The Kier molecular flexibility index (Phi) is 4.76. The van der Waals surface area contributed by atoms with Crippen LogP contribution >= 0.6 is 0 Å². The molecule has 0 aromatic carbocycles. The van der Waals surface area contributed by atoms with Gasteiger partial charge in [-0.1, -0.05) is 24.9 Å². The first-order chi connectivity index (χ1) is 9.63. The normalized spacial score (nSPS) is 17.5. The maximum absolute atomic E-state index is 8.76. The van der Waals surface area contributed by atoms with Gasteiger partial charge in [0.25, 0.3) is 0 Å². The molecule has 1 aliphatic heterocycles. The van der Waals surface area contributed by atoms with E-state index in [1.807, 2.05) is 6.92 Å². The van der Waals surface area contributed by atoms with Crippen LogP contribution in [0.4, 0.5) is 5.95 Å². The first kappa shape index (κ1) is 14.6. The van der Waals surface area contributed by atoms with Gasteiger partial charge in [-0.25, -0.2) is 9.97 Å². The summed E-state index contributed by atoms with van der Waals surface area (Å²) in [5.74, 6) is 1.53. The van der Waals surface area contributed by atoms with Gasteiger partial charge in [-0.3, -0.25) is 0 Å². The fourth-order valence-electron chi connectivity index (χ4n) is 2.71. The molecular weight excluding hydrogens is 254 g/mol. The third-order valence-corrected chi connectivity index (χ3v) is 3.81. The zero-order valence-electron chi connectivity index (χ0n) is 12.2. The van der Waals surface area contributed by atoms with E-state index in [4.69, 9.17) is 10.9 Å². The van der Waals surface area contributed by atoms with Gasteiger partial charge in [0.15, 0.2) is 5.84 Å². The smallest absolute Gasteiger partial charge is 0.226 e. The summed E-state index contributed by atoms with van der Waals surface area (Å²) in [5.41, 5.74) is 6.92. The molecule has 6 nitrogen and oxygen atoms in total. The average Bonchev–Trinajstić information content (AvgIpc) is 2.47. The number of anilines is 1. The van der Waals surface area contributed by atoms with E-state index in [1.54, 1.807) is 6.07 Å². The number of hydrogen-bond donors (Lipinski definition) is 2. The number of rotatable bonds is 4. The molecule has 2 rings (SSSR count). The molecule has 1 saturated heterocycles. The number of oxime groups is 1. The number of piperidine rings is 1. The van der Waals surface area contributed by atoms with Crippen molar-refractivity contribution < 1.29 is 5.21 Å². The molecule has 3 N–H and O–H groups in total. The Balaban J connectivity index is 2.12. The van der Waals surface area contributed by atoms with Crippen molar-refractivity contribution in [3.63, 3.8) is 0 Å². The summed E-state index contributed by atoms with van der Waals surface area (Å²) in [6.07, 6.45) is 4.92. The Hall–Kier alpha value is -1.85. The molecule has 0 saturated carbocycles. The zero-order valence-corrected chi connectivity index (χ0v) is 12.2. The largest absolute Gasteiger partial charge is 0.409 e. The fourth-order valence-corrected chi connectivity index (χ4v) is 2.71. The quantitative estimate of drug-likeness (QED) is 0.380. The standard InChI is InChI=1S/C14H23N5O/c1-3-4-11-5-7-19(8-6-11)14-16-10(2)9-12(17-14)13(15)18-20/h9,11,20H,3-8H2,1-2H3,(H2,15,18). The molecule has 20 heavy (non-hydrogen) atoms. The summed E-state index contributed by atoms with van der Waals surface area (Å²) in [7, 11) is 0. The van der Waals surface area contributed by atoms with Crippen LogP contribution in [0.1, 0.15) is 44.0 Å². The third kappa shape index (κ3) is 3.37. The first-order valence-corrected chi connectivity index (χ1v) is 7.22. The Labute approximate surface area is 119 Å². The summed E-state index contributed by atoms with van der Waals surface area (Å²) in [6, 6.07) is 1.72. The Morgan fingerprint density at radius 3 is 2.75 bits per heavy atom. The van der Waals surface area contributed by atoms with Gasteiger partial charge in [-0.15, -0.1) is 0 Å². The second-order valence-corrected chi connectivity index (χ2v) is 5.40. The monoisotopic (exact) mass is 277 g/mol. The van der Waals surface area contributed by atoms with E-state index in [0.717, 1.165) is 24.7 Å². The number of nitrogens with two attached hydrogens (primary N) is 1. The number of aryl methyl sites for hydroxylation is 1.